The zero-order valence-electron chi connectivity index (χ0n) is 14.6. The lowest BCUT2D eigenvalue weighted by molar-refractivity contribution is -0.137. The Labute approximate surface area is 160 Å². The second-order valence-corrected chi connectivity index (χ2v) is 9.60. The van der Waals surface area contributed by atoms with Crippen LogP contribution in [0.15, 0.2) is 18.2 Å². The van der Waals surface area contributed by atoms with E-state index in [2.05, 4.69) is 5.32 Å². The zero-order valence-corrected chi connectivity index (χ0v) is 16.2. The van der Waals surface area contributed by atoms with Crippen LogP contribution < -0.4 is 9.62 Å². The maximum absolute atomic E-state index is 13.0. The van der Waals surface area contributed by atoms with Crippen molar-refractivity contribution in [2.24, 2.45) is 11.8 Å². The van der Waals surface area contributed by atoms with Crippen molar-refractivity contribution >= 4 is 33.2 Å². The molecule has 0 aliphatic heterocycles. The summed E-state index contributed by atoms with van der Waals surface area (Å²) in [6, 6.07) is 2.39. The molecule has 10 heteroatoms. The smallest absolute Gasteiger partial charge is 0.352 e. The molecule has 0 aromatic heterocycles. The summed E-state index contributed by atoms with van der Waals surface area (Å²) in [6.45, 7) is -0.617. The number of anilines is 1. The minimum atomic E-state index is -4.66. The Morgan fingerprint density at radius 2 is 2.00 bits per heavy atom. The van der Waals surface area contributed by atoms with Crippen LogP contribution in [-0.4, -0.2) is 33.2 Å². The summed E-state index contributed by atoms with van der Waals surface area (Å²) < 4.78 is 63.9. The normalized spacial score (nSPS) is 24.9. The Balaban J connectivity index is 1.82. The van der Waals surface area contributed by atoms with Crippen LogP contribution in [0, 0.1) is 11.8 Å². The van der Waals surface area contributed by atoms with Gasteiger partial charge in [0.15, 0.2) is 0 Å². The number of hydrogen-bond acceptors (Lipinski definition) is 3. The van der Waals surface area contributed by atoms with Crippen LogP contribution in [-0.2, 0) is 21.0 Å². The van der Waals surface area contributed by atoms with E-state index in [1.807, 2.05) is 0 Å². The number of rotatable bonds is 5. The van der Waals surface area contributed by atoms with Gasteiger partial charge in [-0.1, -0.05) is 18.0 Å². The monoisotopic (exact) mass is 424 g/mol. The molecule has 3 rings (SSSR count). The summed E-state index contributed by atoms with van der Waals surface area (Å²) in [4.78, 5) is 12.4. The van der Waals surface area contributed by atoms with E-state index in [-0.39, 0.29) is 16.8 Å². The summed E-state index contributed by atoms with van der Waals surface area (Å²) >= 11 is 5.95. The molecule has 3 atom stereocenters. The molecule has 0 heterocycles. The van der Waals surface area contributed by atoms with E-state index >= 15 is 0 Å². The van der Waals surface area contributed by atoms with E-state index in [0.29, 0.717) is 22.2 Å². The lowest BCUT2D eigenvalue weighted by Crippen LogP contribution is -2.45. The highest BCUT2D eigenvalue weighted by Crippen LogP contribution is 2.44. The number of benzene rings is 1. The Morgan fingerprint density at radius 3 is 2.52 bits per heavy atom. The Morgan fingerprint density at radius 1 is 1.30 bits per heavy atom. The molecule has 2 aliphatic rings. The van der Waals surface area contributed by atoms with E-state index in [0.717, 1.165) is 44.1 Å². The highest BCUT2D eigenvalue weighted by molar-refractivity contribution is 7.92. The lowest BCUT2D eigenvalue weighted by atomic mass is 9.95. The lowest BCUT2D eigenvalue weighted by Gasteiger charge is -2.27. The van der Waals surface area contributed by atoms with E-state index in [9.17, 15) is 26.4 Å². The third-order valence-electron chi connectivity index (χ3n) is 5.31. The van der Waals surface area contributed by atoms with Crippen molar-refractivity contribution in [2.45, 2.75) is 37.9 Å². The van der Waals surface area contributed by atoms with Crippen molar-refractivity contribution in [2.75, 3.05) is 17.1 Å². The maximum atomic E-state index is 13.0. The molecular weight excluding hydrogens is 405 g/mol. The SMILES string of the molecule is CS(=O)(=O)N(CC(=O)N[C@@H]1C[C@H]2CC[C@H]1C2)c1cc(C(F)(F)F)ccc1Cl. The second kappa shape index (κ2) is 7.16. The summed E-state index contributed by atoms with van der Waals surface area (Å²) in [6.07, 6.45) is 0.263. The van der Waals surface area contributed by atoms with Crippen LogP contribution in [0.5, 0.6) is 0 Å². The molecule has 0 spiro atoms. The Bertz CT molecular complexity index is 844. The molecule has 1 amide bonds. The fraction of sp³-hybridized carbons (Fsp3) is 0.588. The molecule has 5 nitrogen and oxygen atoms in total. The number of alkyl halides is 3. The average molecular weight is 425 g/mol. The highest BCUT2D eigenvalue weighted by Gasteiger charge is 2.40. The highest BCUT2D eigenvalue weighted by atomic mass is 35.5. The van der Waals surface area contributed by atoms with E-state index in [1.165, 1.54) is 0 Å². The summed E-state index contributed by atoms with van der Waals surface area (Å²) in [5, 5.41) is 2.66. The first-order valence-electron chi connectivity index (χ1n) is 8.59. The first-order valence-corrected chi connectivity index (χ1v) is 10.8. The van der Waals surface area contributed by atoms with Gasteiger partial charge in [-0.05, 0) is 49.3 Å². The van der Waals surface area contributed by atoms with E-state index in [4.69, 9.17) is 11.6 Å². The number of nitrogens with zero attached hydrogens (tertiary/aromatic N) is 1. The number of carbonyl (C=O) groups excluding carboxylic acids is 1. The van der Waals surface area contributed by atoms with Gasteiger partial charge in [-0.25, -0.2) is 8.42 Å². The third kappa shape index (κ3) is 4.51. The number of sulfonamides is 1. The molecule has 1 aromatic carbocycles. The number of carbonyl (C=O) groups is 1. The molecule has 2 aliphatic carbocycles. The molecule has 0 radical (unpaired) electrons. The van der Waals surface area contributed by atoms with E-state index in [1.54, 1.807) is 0 Å². The van der Waals surface area contributed by atoms with Gasteiger partial charge in [0.25, 0.3) is 0 Å². The molecule has 0 unspecified atom stereocenters. The first kappa shape index (κ1) is 20.3. The van der Waals surface area contributed by atoms with Gasteiger partial charge in [0.05, 0.1) is 22.5 Å². The number of hydrogen-bond donors (Lipinski definition) is 1. The van der Waals surface area contributed by atoms with Gasteiger partial charge in [0.2, 0.25) is 15.9 Å². The molecule has 2 fully saturated rings. The third-order valence-corrected chi connectivity index (χ3v) is 6.76. The fourth-order valence-corrected chi connectivity index (χ4v) is 5.20. The molecule has 2 saturated carbocycles. The molecule has 2 bridgehead atoms. The Hall–Kier alpha value is -1.48. The summed E-state index contributed by atoms with van der Waals surface area (Å²) in [5.41, 5.74) is -1.40. The van der Waals surface area contributed by atoms with Gasteiger partial charge in [0, 0.05) is 6.04 Å². The number of fused-ring (bicyclic) bond motifs is 2. The number of amides is 1. The number of nitrogens with one attached hydrogen (secondary N) is 1. The molecule has 1 aromatic rings. The van der Waals surface area contributed by atoms with Crippen molar-refractivity contribution in [1.29, 1.82) is 0 Å². The quantitative estimate of drug-likeness (QED) is 0.787. The van der Waals surface area contributed by atoms with Crippen LogP contribution in [0.3, 0.4) is 0 Å². The minimum absolute atomic E-state index is 0.00496. The fourth-order valence-electron chi connectivity index (χ4n) is 4.07. The van der Waals surface area contributed by atoms with Crippen LogP contribution in [0.25, 0.3) is 0 Å². The van der Waals surface area contributed by atoms with Crippen molar-refractivity contribution in [1.82, 2.24) is 5.32 Å². The van der Waals surface area contributed by atoms with Crippen LogP contribution in [0.4, 0.5) is 18.9 Å². The van der Waals surface area contributed by atoms with Gasteiger partial charge < -0.3 is 5.32 Å². The van der Waals surface area contributed by atoms with Crippen molar-refractivity contribution in [3.05, 3.63) is 28.8 Å². The Kier molecular flexibility index (Phi) is 5.37. The van der Waals surface area contributed by atoms with Crippen molar-refractivity contribution in [3.63, 3.8) is 0 Å². The van der Waals surface area contributed by atoms with E-state index < -0.39 is 34.2 Å². The molecular formula is C17H20ClF3N2O3S. The zero-order chi connectivity index (χ0) is 20.0. The van der Waals surface area contributed by atoms with Crippen molar-refractivity contribution in [3.8, 4) is 0 Å². The molecule has 27 heavy (non-hydrogen) atoms. The predicted octanol–water partition coefficient (Wildman–Crippen LogP) is 3.43. The van der Waals surface area contributed by atoms with Crippen LogP contribution in [0.1, 0.15) is 31.2 Å². The van der Waals surface area contributed by atoms with Crippen LogP contribution in [0.2, 0.25) is 5.02 Å². The average Bonchev–Trinajstić information content (AvgIpc) is 3.14. The molecule has 0 saturated heterocycles. The topological polar surface area (TPSA) is 66.5 Å². The minimum Gasteiger partial charge on any atom is -0.352 e. The maximum Gasteiger partial charge on any atom is 0.416 e. The van der Waals surface area contributed by atoms with Gasteiger partial charge in [-0.3, -0.25) is 9.10 Å². The van der Waals surface area contributed by atoms with Gasteiger partial charge in [0.1, 0.15) is 6.54 Å². The second-order valence-electron chi connectivity index (χ2n) is 7.28. The van der Waals surface area contributed by atoms with Crippen molar-refractivity contribution < 1.29 is 26.4 Å². The molecule has 1 N–H and O–H groups in total. The standard InChI is InChI=1S/C17H20ClF3N2O3S/c1-27(25,26)23(15-8-12(17(19,20)21)4-5-13(15)18)9-16(24)22-14-7-10-2-3-11(14)6-10/h4-5,8,10-11,14H,2-3,6-7,9H2,1H3,(H,22,24)/t10-,11-,14+/m0/s1. The van der Waals surface area contributed by atoms with Gasteiger partial charge >= 0.3 is 6.18 Å². The number of halogens is 4. The predicted molar refractivity (Wildman–Crippen MR) is 96.0 cm³/mol. The van der Waals surface area contributed by atoms with Gasteiger partial charge in [-0.2, -0.15) is 13.2 Å². The van der Waals surface area contributed by atoms with Crippen LogP contribution >= 0.6 is 11.6 Å². The summed E-state index contributed by atoms with van der Waals surface area (Å²) in [7, 11) is -4.02. The van der Waals surface area contributed by atoms with Gasteiger partial charge in [-0.15, -0.1) is 0 Å². The summed E-state index contributed by atoms with van der Waals surface area (Å²) in [5.74, 6) is 0.429. The largest absolute Gasteiger partial charge is 0.416 e. The molecule has 150 valence electrons. The first-order chi connectivity index (χ1) is 12.4.